The van der Waals surface area contributed by atoms with Gasteiger partial charge in [0.2, 0.25) is 11.8 Å². The van der Waals surface area contributed by atoms with Crippen molar-refractivity contribution in [2.24, 2.45) is 0 Å². The lowest BCUT2D eigenvalue weighted by atomic mass is 10.3. The van der Waals surface area contributed by atoms with Gasteiger partial charge in [-0.25, -0.2) is 0 Å². The molecule has 0 aliphatic rings. The second-order valence-electron chi connectivity index (χ2n) is 7.52. The van der Waals surface area contributed by atoms with Crippen molar-refractivity contribution >= 4 is 29.7 Å². The van der Waals surface area contributed by atoms with Crippen molar-refractivity contribution in [3.05, 3.63) is 0 Å². The van der Waals surface area contributed by atoms with Crippen molar-refractivity contribution in [3.8, 4) is 0 Å². The molecule has 0 aromatic rings. The van der Waals surface area contributed by atoms with Gasteiger partial charge in [0.15, 0.2) is 0 Å². The second-order valence-corrected chi connectivity index (χ2v) is 7.52. The number of rotatable bonds is 22. The molecular formula is C20H35N5O10-2. The molecule has 0 fully saturated rings. The van der Waals surface area contributed by atoms with Crippen LogP contribution < -0.4 is 20.8 Å². The van der Waals surface area contributed by atoms with E-state index in [-0.39, 0.29) is 65.6 Å². The van der Waals surface area contributed by atoms with E-state index in [1.54, 1.807) is 0 Å². The number of hydrogen-bond donors (Lipinski definition) is 3. The van der Waals surface area contributed by atoms with E-state index in [0.717, 1.165) is 0 Å². The Morgan fingerprint density at radius 1 is 0.657 bits per heavy atom. The van der Waals surface area contributed by atoms with Crippen molar-refractivity contribution in [1.29, 1.82) is 0 Å². The topological polar surface area (TPSA) is 204 Å². The summed E-state index contributed by atoms with van der Waals surface area (Å²) in [7, 11) is 2.93. The van der Waals surface area contributed by atoms with Crippen LogP contribution in [0.25, 0.3) is 0 Å². The molecule has 0 aromatic heterocycles. The fraction of sp³-hybridized carbons (Fsp3) is 0.750. The van der Waals surface area contributed by atoms with E-state index >= 15 is 0 Å². The summed E-state index contributed by atoms with van der Waals surface area (Å²) in [6, 6.07) is 0. The Balaban J connectivity index is 5.00. The van der Waals surface area contributed by atoms with Gasteiger partial charge in [-0.1, -0.05) is 0 Å². The number of carboxylic acid groups (broad SMARTS) is 3. The predicted molar refractivity (Wildman–Crippen MR) is 117 cm³/mol. The van der Waals surface area contributed by atoms with E-state index in [2.05, 4.69) is 10.6 Å². The van der Waals surface area contributed by atoms with Crippen molar-refractivity contribution in [2.75, 3.05) is 99.4 Å². The molecule has 0 heterocycles. The fourth-order valence-corrected chi connectivity index (χ4v) is 2.92. The Bertz CT molecular complexity index is 631. The number of methoxy groups -OCH3 is 2. The van der Waals surface area contributed by atoms with Crippen LogP contribution in [-0.4, -0.2) is 149 Å². The maximum absolute atomic E-state index is 12.0. The fourth-order valence-electron chi connectivity index (χ4n) is 2.92. The van der Waals surface area contributed by atoms with E-state index in [0.29, 0.717) is 0 Å². The Kier molecular flexibility index (Phi) is 17.9. The van der Waals surface area contributed by atoms with Gasteiger partial charge in [-0.2, -0.15) is 0 Å². The van der Waals surface area contributed by atoms with Gasteiger partial charge in [-0.05, 0) is 0 Å². The highest BCUT2D eigenvalue weighted by Crippen LogP contribution is 1.97. The summed E-state index contributed by atoms with van der Waals surface area (Å²) in [5.41, 5.74) is 0. The summed E-state index contributed by atoms with van der Waals surface area (Å²) >= 11 is 0. The van der Waals surface area contributed by atoms with Gasteiger partial charge in [-0.15, -0.1) is 0 Å². The van der Waals surface area contributed by atoms with Crippen LogP contribution in [-0.2, 0) is 33.4 Å². The number of aliphatic carboxylic acids is 3. The molecule has 0 atom stereocenters. The Morgan fingerprint density at radius 2 is 1.03 bits per heavy atom. The molecule has 0 aromatic carbocycles. The molecule has 3 N–H and O–H groups in total. The summed E-state index contributed by atoms with van der Waals surface area (Å²) in [6.07, 6.45) is 0. The van der Waals surface area contributed by atoms with Crippen LogP contribution in [0, 0.1) is 0 Å². The maximum atomic E-state index is 12.0. The minimum atomic E-state index is -1.41. The molecule has 202 valence electrons. The maximum Gasteiger partial charge on any atom is 0.317 e. The summed E-state index contributed by atoms with van der Waals surface area (Å²) in [4.78, 5) is 61.4. The predicted octanol–water partition coefficient (Wildman–Crippen LogP) is -6.00. The van der Waals surface area contributed by atoms with E-state index in [9.17, 15) is 34.2 Å². The molecule has 2 amide bonds. The van der Waals surface area contributed by atoms with Crippen molar-refractivity contribution < 1.29 is 48.8 Å². The van der Waals surface area contributed by atoms with Crippen molar-refractivity contribution in [2.45, 2.75) is 0 Å². The van der Waals surface area contributed by atoms with Gasteiger partial charge < -0.3 is 45.0 Å². The molecule has 0 saturated carbocycles. The molecule has 0 spiro atoms. The van der Waals surface area contributed by atoms with Crippen LogP contribution in [0.2, 0.25) is 0 Å². The monoisotopic (exact) mass is 505 g/mol. The first-order chi connectivity index (χ1) is 16.6. The van der Waals surface area contributed by atoms with E-state index in [4.69, 9.17) is 14.6 Å². The zero-order chi connectivity index (χ0) is 26.6. The standard InChI is InChI=1S/C20H37N5O10/c1-34-9-3-21-16(26)11-24(14-19(30)31)7-5-23(13-18(28)29)6-8-25(15-20(32)33)12-17(27)22-4-10-35-2/h3-15H2,1-2H3,(H,21,26)(H,22,27)(H,28,29)(H,30,31)(H,32,33)/p-2. The number of ether oxygens (including phenoxy) is 2. The van der Waals surface area contributed by atoms with Gasteiger partial charge in [0.1, 0.15) is 0 Å². The largest absolute Gasteiger partial charge is 0.549 e. The SMILES string of the molecule is COCCNC(=O)CN(CCN(CCN(CC(=O)O)CC(=O)NCCOC)CC(=O)[O-])CC(=O)[O-]. The molecule has 15 heteroatoms. The number of hydrogen-bond acceptors (Lipinski definition) is 12. The Hall–Kier alpha value is -2.85. The average Bonchev–Trinajstić information content (AvgIpc) is 2.74. The van der Waals surface area contributed by atoms with Crippen LogP contribution in [0.1, 0.15) is 0 Å². The number of carbonyl (C=O) groups is 5. The van der Waals surface area contributed by atoms with Crippen LogP contribution in [0.15, 0.2) is 0 Å². The van der Waals surface area contributed by atoms with Crippen molar-refractivity contribution in [1.82, 2.24) is 25.3 Å². The Labute approximate surface area is 203 Å². The average molecular weight is 506 g/mol. The molecular weight excluding hydrogens is 470 g/mol. The molecule has 15 nitrogen and oxygen atoms in total. The van der Waals surface area contributed by atoms with Crippen molar-refractivity contribution in [3.63, 3.8) is 0 Å². The molecule has 0 rings (SSSR count). The van der Waals surface area contributed by atoms with Gasteiger partial charge in [0.25, 0.3) is 0 Å². The number of amides is 2. The third kappa shape index (κ3) is 19.2. The highest BCUT2D eigenvalue weighted by molar-refractivity contribution is 5.79. The summed E-state index contributed by atoms with van der Waals surface area (Å²) < 4.78 is 9.65. The number of nitrogens with one attached hydrogen (secondary N) is 2. The van der Waals surface area contributed by atoms with Gasteiger partial charge >= 0.3 is 5.97 Å². The lowest BCUT2D eigenvalue weighted by molar-refractivity contribution is -0.308. The third-order valence-corrected chi connectivity index (χ3v) is 4.52. The first kappa shape index (κ1) is 32.1. The van der Waals surface area contributed by atoms with Crippen LogP contribution in [0.3, 0.4) is 0 Å². The highest BCUT2D eigenvalue weighted by Gasteiger charge is 2.17. The molecule has 0 radical (unpaired) electrons. The summed E-state index contributed by atoms with van der Waals surface area (Å²) in [6.45, 7) is -0.815. The lowest BCUT2D eigenvalue weighted by Gasteiger charge is -2.29. The smallest absolute Gasteiger partial charge is 0.317 e. The molecule has 0 aliphatic heterocycles. The minimum absolute atomic E-state index is 0.00932. The van der Waals surface area contributed by atoms with Crippen LogP contribution in [0.5, 0.6) is 0 Å². The molecule has 0 saturated heterocycles. The Morgan fingerprint density at radius 3 is 1.40 bits per heavy atom. The van der Waals surface area contributed by atoms with Gasteiger partial charge in [0.05, 0.1) is 44.8 Å². The number of carboxylic acids is 3. The summed E-state index contributed by atoms with van der Waals surface area (Å²) in [5.74, 6) is -4.83. The van der Waals surface area contributed by atoms with E-state index in [1.165, 1.54) is 28.9 Å². The normalized spacial score (nSPS) is 11.1. The zero-order valence-corrected chi connectivity index (χ0v) is 20.2. The molecule has 0 unspecified atom stereocenters. The third-order valence-electron chi connectivity index (χ3n) is 4.52. The molecule has 0 bridgehead atoms. The quantitative estimate of drug-likeness (QED) is 0.117. The van der Waals surface area contributed by atoms with Gasteiger partial charge in [-0.3, -0.25) is 29.1 Å². The zero-order valence-electron chi connectivity index (χ0n) is 20.2. The second kappa shape index (κ2) is 19.5. The number of carbonyl (C=O) groups excluding carboxylic acids is 4. The molecule has 0 aliphatic carbocycles. The summed E-state index contributed by atoms with van der Waals surface area (Å²) in [5, 5.41) is 36.5. The lowest BCUT2D eigenvalue weighted by Crippen LogP contribution is -2.49. The van der Waals surface area contributed by atoms with E-state index < -0.39 is 49.4 Å². The van der Waals surface area contributed by atoms with Gasteiger partial charge in [0, 0.05) is 66.6 Å². The minimum Gasteiger partial charge on any atom is -0.549 e. The van der Waals surface area contributed by atoms with E-state index in [1.807, 2.05) is 0 Å². The first-order valence-electron chi connectivity index (χ1n) is 10.9. The number of nitrogens with zero attached hydrogens (tertiary/aromatic N) is 3. The molecule has 35 heavy (non-hydrogen) atoms. The van der Waals surface area contributed by atoms with Crippen LogP contribution in [0.4, 0.5) is 0 Å². The van der Waals surface area contributed by atoms with Crippen LogP contribution >= 0.6 is 0 Å². The first-order valence-corrected chi connectivity index (χ1v) is 10.9. The highest BCUT2D eigenvalue weighted by atomic mass is 16.5.